The summed E-state index contributed by atoms with van der Waals surface area (Å²) in [6.45, 7) is 1.59. The first kappa shape index (κ1) is 26.9. The van der Waals surface area contributed by atoms with Gasteiger partial charge in [-0.3, -0.25) is 14.2 Å². The van der Waals surface area contributed by atoms with Gasteiger partial charge in [-0.2, -0.15) is 5.10 Å². The number of piperidine rings is 1. The summed E-state index contributed by atoms with van der Waals surface area (Å²) < 4.78 is 55.5. The van der Waals surface area contributed by atoms with Crippen molar-refractivity contribution in [3.8, 4) is 0 Å². The largest absolute Gasteiger partial charge is 0.395 e. The van der Waals surface area contributed by atoms with Crippen LogP contribution >= 0.6 is 0 Å². The third-order valence-electron chi connectivity index (χ3n) is 8.16. The number of anilines is 3. The molecule has 1 spiro atoms. The molecule has 3 N–H and O–H groups in total. The van der Waals surface area contributed by atoms with Gasteiger partial charge in [0.1, 0.15) is 0 Å². The number of halogens is 2. The van der Waals surface area contributed by atoms with Crippen LogP contribution < -0.4 is 14.9 Å². The van der Waals surface area contributed by atoms with Crippen molar-refractivity contribution in [2.24, 2.45) is 11.3 Å². The summed E-state index contributed by atoms with van der Waals surface area (Å²) in [6, 6.07) is 6.50. The number of amides is 1. The number of alkyl halides is 2. The highest BCUT2D eigenvalue weighted by Gasteiger charge is 2.44. The van der Waals surface area contributed by atoms with Crippen LogP contribution in [0.25, 0.3) is 0 Å². The molecule has 0 unspecified atom stereocenters. The molecule has 9 nitrogen and oxygen atoms in total. The molecule has 5 rings (SSSR count). The molecule has 38 heavy (non-hydrogen) atoms. The average Bonchev–Trinajstić information content (AvgIpc) is 3.47. The maximum Gasteiger partial charge on any atom is 0.258 e. The standard InChI is InChI=1S/C26H35F2N5O4S/c27-26(28)6-3-19(4-7-26)18-33-12-5-23(30-33)29-24(35)21-2-1-20(31-38(36,37)16-15-34)17-22(21)32-13-10-25(8-9-25)11-14-32/h1-2,5,12,17,19,31,34H,3-4,6-11,13-16,18H2,(H,29,30,35). The second-order valence-electron chi connectivity index (χ2n) is 11.0. The molecule has 12 heteroatoms. The summed E-state index contributed by atoms with van der Waals surface area (Å²) in [5, 5.41) is 16.3. The average molecular weight is 552 g/mol. The normalized spacial score (nSPS) is 20.9. The molecule has 0 radical (unpaired) electrons. The number of nitrogens with zero attached hydrogens (tertiary/aromatic N) is 3. The molecule has 1 saturated heterocycles. The molecule has 2 saturated carbocycles. The Kier molecular flexibility index (Phi) is 7.38. The van der Waals surface area contributed by atoms with Crippen LogP contribution in [0, 0.1) is 11.3 Å². The Morgan fingerprint density at radius 1 is 1.08 bits per heavy atom. The summed E-state index contributed by atoms with van der Waals surface area (Å²) in [5.41, 5.74) is 1.81. The third kappa shape index (κ3) is 6.45. The molecule has 1 aliphatic heterocycles. The molecular formula is C26H35F2N5O4S. The Balaban J connectivity index is 1.30. The first-order valence-corrected chi connectivity index (χ1v) is 14.9. The third-order valence-corrected chi connectivity index (χ3v) is 9.43. The van der Waals surface area contributed by atoms with E-state index in [1.807, 2.05) is 0 Å². The van der Waals surface area contributed by atoms with E-state index in [2.05, 4.69) is 20.0 Å². The fourth-order valence-electron chi connectivity index (χ4n) is 5.56. The Morgan fingerprint density at radius 3 is 2.45 bits per heavy atom. The van der Waals surface area contributed by atoms with Gasteiger partial charge in [0.2, 0.25) is 15.9 Å². The van der Waals surface area contributed by atoms with Crippen molar-refractivity contribution < 1.29 is 27.1 Å². The Bertz CT molecular complexity index is 1260. The molecule has 208 valence electrons. The SMILES string of the molecule is O=C(Nc1ccn(CC2CCC(F)(F)CC2)n1)c1ccc(NS(=O)(=O)CCO)cc1N1CCC2(CC1)CC2. The Labute approximate surface area is 221 Å². The van der Waals surface area contributed by atoms with Crippen LogP contribution in [0.4, 0.5) is 26.0 Å². The lowest BCUT2D eigenvalue weighted by Crippen LogP contribution is -2.35. The van der Waals surface area contributed by atoms with E-state index in [0.717, 1.165) is 25.9 Å². The van der Waals surface area contributed by atoms with Crippen LogP contribution in [-0.4, -0.2) is 60.6 Å². The number of carbonyl (C=O) groups is 1. The number of aliphatic hydroxyl groups excluding tert-OH is 1. The quantitative estimate of drug-likeness (QED) is 0.433. The Hall–Kier alpha value is -2.73. The highest BCUT2D eigenvalue weighted by Crippen LogP contribution is 2.54. The maximum atomic E-state index is 13.5. The van der Waals surface area contributed by atoms with E-state index >= 15 is 0 Å². The van der Waals surface area contributed by atoms with Crippen molar-refractivity contribution in [3.05, 3.63) is 36.0 Å². The van der Waals surface area contributed by atoms with E-state index in [9.17, 15) is 22.0 Å². The summed E-state index contributed by atoms with van der Waals surface area (Å²) in [7, 11) is -3.71. The van der Waals surface area contributed by atoms with Gasteiger partial charge < -0.3 is 15.3 Å². The summed E-state index contributed by atoms with van der Waals surface area (Å²) >= 11 is 0. The van der Waals surface area contributed by atoms with Gasteiger partial charge >= 0.3 is 0 Å². The first-order valence-electron chi connectivity index (χ1n) is 13.3. The van der Waals surface area contributed by atoms with Gasteiger partial charge in [0, 0.05) is 44.7 Å². The van der Waals surface area contributed by atoms with Gasteiger partial charge in [0.25, 0.3) is 5.91 Å². The molecule has 2 aromatic rings. The second-order valence-corrected chi connectivity index (χ2v) is 12.9. The number of benzene rings is 1. The minimum absolute atomic E-state index is 0.102. The minimum Gasteiger partial charge on any atom is -0.395 e. The van der Waals surface area contributed by atoms with Crippen LogP contribution in [0.3, 0.4) is 0 Å². The highest BCUT2D eigenvalue weighted by molar-refractivity contribution is 7.92. The lowest BCUT2D eigenvalue weighted by molar-refractivity contribution is -0.0476. The predicted molar refractivity (Wildman–Crippen MR) is 141 cm³/mol. The van der Waals surface area contributed by atoms with Gasteiger partial charge in [0.15, 0.2) is 5.82 Å². The van der Waals surface area contributed by atoms with Gasteiger partial charge in [-0.15, -0.1) is 0 Å². The summed E-state index contributed by atoms with van der Waals surface area (Å²) in [4.78, 5) is 15.5. The molecule has 1 aromatic heterocycles. The Morgan fingerprint density at radius 2 is 1.79 bits per heavy atom. The highest BCUT2D eigenvalue weighted by atomic mass is 32.2. The van der Waals surface area contributed by atoms with Crippen LogP contribution in [0.1, 0.15) is 61.7 Å². The predicted octanol–water partition coefficient (Wildman–Crippen LogP) is 4.08. The van der Waals surface area contributed by atoms with Crippen molar-refractivity contribution in [3.63, 3.8) is 0 Å². The van der Waals surface area contributed by atoms with Crippen molar-refractivity contribution in [1.82, 2.24) is 9.78 Å². The van der Waals surface area contributed by atoms with Crippen LogP contribution in [-0.2, 0) is 16.6 Å². The molecular weight excluding hydrogens is 516 g/mol. The number of aromatic nitrogens is 2. The number of carbonyl (C=O) groups excluding carboxylic acids is 1. The van der Waals surface area contributed by atoms with Crippen LogP contribution in [0.5, 0.6) is 0 Å². The lowest BCUT2D eigenvalue weighted by atomic mass is 9.87. The molecule has 2 heterocycles. The van der Waals surface area contributed by atoms with Crippen LogP contribution in [0.2, 0.25) is 0 Å². The summed E-state index contributed by atoms with van der Waals surface area (Å²) in [6.07, 6.45) is 6.97. The van der Waals surface area contributed by atoms with E-state index in [1.165, 1.54) is 18.9 Å². The molecule has 0 bridgehead atoms. The van der Waals surface area contributed by atoms with E-state index < -0.39 is 28.3 Å². The van der Waals surface area contributed by atoms with E-state index in [4.69, 9.17) is 5.11 Å². The molecule has 3 fully saturated rings. The smallest absolute Gasteiger partial charge is 0.258 e. The number of aliphatic hydroxyl groups is 1. The van der Waals surface area contributed by atoms with Crippen molar-refractivity contribution in [2.45, 2.75) is 63.8 Å². The topological polar surface area (TPSA) is 117 Å². The van der Waals surface area contributed by atoms with Gasteiger partial charge in [-0.05, 0) is 68.1 Å². The fraction of sp³-hybridized carbons (Fsp3) is 0.615. The zero-order valence-electron chi connectivity index (χ0n) is 21.3. The molecule has 1 amide bonds. The first-order chi connectivity index (χ1) is 18.1. The number of sulfonamides is 1. The zero-order valence-corrected chi connectivity index (χ0v) is 22.2. The molecule has 2 aliphatic carbocycles. The van der Waals surface area contributed by atoms with Crippen molar-refractivity contribution >= 4 is 33.1 Å². The maximum absolute atomic E-state index is 13.5. The van der Waals surface area contributed by atoms with Gasteiger partial charge in [-0.1, -0.05) is 0 Å². The monoisotopic (exact) mass is 551 g/mol. The van der Waals surface area contributed by atoms with E-state index in [1.54, 1.807) is 29.1 Å². The zero-order chi connectivity index (χ0) is 27.0. The molecule has 0 atom stereocenters. The number of hydrogen-bond donors (Lipinski definition) is 3. The number of rotatable bonds is 9. The summed E-state index contributed by atoms with van der Waals surface area (Å²) in [5.74, 6) is -2.85. The molecule has 3 aliphatic rings. The fourth-order valence-corrected chi connectivity index (χ4v) is 6.39. The van der Waals surface area contributed by atoms with Crippen molar-refractivity contribution in [2.75, 3.05) is 40.4 Å². The van der Waals surface area contributed by atoms with E-state index in [0.29, 0.717) is 47.6 Å². The number of hydrogen-bond acceptors (Lipinski definition) is 6. The second kappa shape index (κ2) is 10.4. The number of nitrogens with one attached hydrogen (secondary N) is 2. The van der Waals surface area contributed by atoms with E-state index in [-0.39, 0.29) is 24.7 Å². The molecule has 1 aromatic carbocycles. The lowest BCUT2D eigenvalue weighted by Gasteiger charge is -2.35. The minimum atomic E-state index is -3.71. The van der Waals surface area contributed by atoms with Gasteiger partial charge in [0.05, 0.1) is 29.3 Å². The van der Waals surface area contributed by atoms with Crippen molar-refractivity contribution in [1.29, 1.82) is 0 Å². The van der Waals surface area contributed by atoms with Gasteiger partial charge in [-0.25, -0.2) is 17.2 Å². The van der Waals surface area contributed by atoms with Crippen LogP contribution in [0.15, 0.2) is 30.5 Å².